The van der Waals surface area contributed by atoms with Crippen LogP contribution in [0.5, 0.6) is 0 Å². The van der Waals surface area contributed by atoms with E-state index < -0.39 is 23.2 Å². The first-order valence-electron chi connectivity index (χ1n) is 5.96. The molecule has 2 rings (SSSR count). The van der Waals surface area contributed by atoms with Crippen molar-refractivity contribution in [1.82, 2.24) is 4.90 Å². The van der Waals surface area contributed by atoms with Gasteiger partial charge in [-0.3, -0.25) is 10.6 Å². The highest BCUT2D eigenvalue weighted by atomic mass is 19.1. The Morgan fingerprint density at radius 1 is 1.26 bits per heavy atom. The standard InChI is InChI=1S/C12H15F2N3O2/c13-9-6-8(7-10(14)11(9)16-15)12(18)17-2-1-4-19-5-3-17/h6-7,16H,1-5,15H2. The fourth-order valence-corrected chi connectivity index (χ4v) is 1.97. The molecule has 1 heterocycles. The Bertz CT molecular complexity index is 451. The van der Waals surface area contributed by atoms with Gasteiger partial charge in [-0.05, 0) is 18.6 Å². The van der Waals surface area contributed by atoms with Gasteiger partial charge in [-0.2, -0.15) is 0 Å². The van der Waals surface area contributed by atoms with Crippen LogP contribution in [0.2, 0.25) is 0 Å². The van der Waals surface area contributed by atoms with Crippen LogP contribution < -0.4 is 11.3 Å². The van der Waals surface area contributed by atoms with Crippen LogP contribution in [0.1, 0.15) is 16.8 Å². The normalized spacial score (nSPS) is 16.1. The van der Waals surface area contributed by atoms with Gasteiger partial charge in [0.25, 0.3) is 5.91 Å². The van der Waals surface area contributed by atoms with Crippen molar-refractivity contribution in [2.24, 2.45) is 5.84 Å². The summed E-state index contributed by atoms with van der Waals surface area (Å²) in [5, 5.41) is 0. The quantitative estimate of drug-likeness (QED) is 0.624. The van der Waals surface area contributed by atoms with E-state index >= 15 is 0 Å². The smallest absolute Gasteiger partial charge is 0.254 e. The summed E-state index contributed by atoms with van der Waals surface area (Å²) in [7, 11) is 0. The number of nitrogens with zero attached hydrogens (tertiary/aromatic N) is 1. The van der Waals surface area contributed by atoms with E-state index in [2.05, 4.69) is 0 Å². The van der Waals surface area contributed by atoms with Gasteiger partial charge in [-0.1, -0.05) is 0 Å². The molecule has 7 heteroatoms. The van der Waals surface area contributed by atoms with E-state index in [1.165, 1.54) is 4.90 Å². The fraction of sp³-hybridized carbons (Fsp3) is 0.417. The molecule has 0 radical (unpaired) electrons. The van der Waals surface area contributed by atoms with Crippen molar-refractivity contribution in [2.75, 3.05) is 31.7 Å². The summed E-state index contributed by atoms with van der Waals surface area (Å²) in [5.41, 5.74) is 1.44. The van der Waals surface area contributed by atoms with Crippen LogP contribution in [-0.4, -0.2) is 37.1 Å². The van der Waals surface area contributed by atoms with E-state index in [1.54, 1.807) is 0 Å². The lowest BCUT2D eigenvalue weighted by atomic mass is 10.1. The van der Waals surface area contributed by atoms with Gasteiger partial charge in [-0.15, -0.1) is 0 Å². The second kappa shape index (κ2) is 5.94. The van der Waals surface area contributed by atoms with E-state index in [1.807, 2.05) is 5.43 Å². The Morgan fingerprint density at radius 2 is 1.95 bits per heavy atom. The molecule has 1 aliphatic heterocycles. The molecule has 1 amide bonds. The zero-order valence-corrected chi connectivity index (χ0v) is 10.3. The van der Waals surface area contributed by atoms with Crippen molar-refractivity contribution >= 4 is 11.6 Å². The monoisotopic (exact) mass is 271 g/mol. The molecule has 0 aromatic heterocycles. The van der Waals surface area contributed by atoms with E-state index in [9.17, 15) is 13.6 Å². The Kier molecular flexibility index (Phi) is 4.28. The predicted octanol–water partition coefficient (Wildman–Crippen LogP) is 1.11. The van der Waals surface area contributed by atoms with E-state index in [0.717, 1.165) is 12.1 Å². The molecule has 19 heavy (non-hydrogen) atoms. The Labute approximate surface area is 109 Å². The minimum Gasteiger partial charge on any atom is -0.380 e. The molecule has 5 nitrogen and oxygen atoms in total. The third kappa shape index (κ3) is 2.99. The van der Waals surface area contributed by atoms with Crippen LogP contribution in [-0.2, 0) is 4.74 Å². The molecule has 1 saturated heterocycles. The molecule has 0 saturated carbocycles. The number of anilines is 1. The Morgan fingerprint density at radius 3 is 2.58 bits per heavy atom. The van der Waals surface area contributed by atoms with Crippen molar-refractivity contribution in [1.29, 1.82) is 0 Å². The number of nitrogens with two attached hydrogens (primary N) is 1. The average Bonchev–Trinajstić information content (AvgIpc) is 2.66. The van der Waals surface area contributed by atoms with Gasteiger partial charge in [0, 0.05) is 25.3 Å². The maximum Gasteiger partial charge on any atom is 0.254 e. The van der Waals surface area contributed by atoms with E-state index in [0.29, 0.717) is 32.7 Å². The second-order valence-electron chi connectivity index (χ2n) is 4.22. The average molecular weight is 271 g/mol. The molecule has 1 fully saturated rings. The zero-order chi connectivity index (χ0) is 13.8. The molecule has 1 aromatic rings. The number of carbonyl (C=O) groups excluding carboxylic acids is 1. The maximum atomic E-state index is 13.5. The van der Waals surface area contributed by atoms with E-state index in [4.69, 9.17) is 10.6 Å². The summed E-state index contributed by atoms with van der Waals surface area (Å²) in [6.45, 7) is 1.94. The minimum absolute atomic E-state index is 0.0316. The zero-order valence-electron chi connectivity index (χ0n) is 10.3. The van der Waals surface area contributed by atoms with Gasteiger partial charge in [-0.25, -0.2) is 8.78 Å². The number of carbonyl (C=O) groups is 1. The molecule has 0 atom stereocenters. The highest BCUT2D eigenvalue weighted by molar-refractivity contribution is 5.94. The molecule has 0 bridgehead atoms. The number of amides is 1. The van der Waals surface area contributed by atoms with Gasteiger partial charge in [0.15, 0.2) is 11.6 Å². The lowest BCUT2D eigenvalue weighted by Crippen LogP contribution is -2.33. The van der Waals surface area contributed by atoms with Crippen LogP contribution in [0.15, 0.2) is 12.1 Å². The molecule has 0 unspecified atom stereocenters. The summed E-state index contributed by atoms with van der Waals surface area (Å²) >= 11 is 0. The van der Waals surface area contributed by atoms with Crippen LogP contribution in [0.25, 0.3) is 0 Å². The fourth-order valence-electron chi connectivity index (χ4n) is 1.97. The third-order valence-electron chi connectivity index (χ3n) is 2.94. The molecule has 0 spiro atoms. The Balaban J connectivity index is 2.23. The number of nitrogen functional groups attached to an aromatic ring is 1. The largest absolute Gasteiger partial charge is 0.380 e. The lowest BCUT2D eigenvalue weighted by Gasteiger charge is -2.20. The molecule has 1 aromatic carbocycles. The molecular formula is C12H15F2N3O2. The summed E-state index contributed by atoms with van der Waals surface area (Å²) in [6, 6.07) is 1.96. The Hall–Kier alpha value is -1.73. The first-order valence-corrected chi connectivity index (χ1v) is 5.96. The van der Waals surface area contributed by atoms with Crippen molar-refractivity contribution in [3.63, 3.8) is 0 Å². The summed E-state index contributed by atoms with van der Waals surface area (Å²) in [5.74, 6) is 2.81. The van der Waals surface area contributed by atoms with Gasteiger partial charge in [0.2, 0.25) is 0 Å². The van der Waals surface area contributed by atoms with Crippen molar-refractivity contribution < 1.29 is 18.3 Å². The number of rotatable bonds is 2. The van der Waals surface area contributed by atoms with Crippen molar-refractivity contribution in [3.8, 4) is 0 Å². The van der Waals surface area contributed by atoms with Gasteiger partial charge < -0.3 is 15.1 Å². The molecule has 1 aliphatic rings. The van der Waals surface area contributed by atoms with E-state index in [-0.39, 0.29) is 5.56 Å². The number of benzene rings is 1. The van der Waals surface area contributed by atoms with Gasteiger partial charge in [0.1, 0.15) is 5.69 Å². The topological polar surface area (TPSA) is 67.6 Å². The van der Waals surface area contributed by atoms with Crippen LogP contribution in [0, 0.1) is 11.6 Å². The van der Waals surface area contributed by atoms with Crippen LogP contribution in [0.4, 0.5) is 14.5 Å². The van der Waals surface area contributed by atoms with Gasteiger partial charge in [0.05, 0.1) is 6.61 Å². The highest BCUT2D eigenvalue weighted by Gasteiger charge is 2.20. The molecule has 0 aliphatic carbocycles. The number of ether oxygens (including phenoxy) is 1. The first kappa shape index (κ1) is 13.7. The second-order valence-corrected chi connectivity index (χ2v) is 4.22. The first-order chi connectivity index (χ1) is 9.13. The maximum absolute atomic E-state index is 13.5. The molecule has 104 valence electrons. The van der Waals surface area contributed by atoms with Crippen LogP contribution in [0.3, 0.4) is 0 Å². The predicted molar refractivity (Wildman–Crippen MR) is 65.5 cm³/mol. The summed E-state index contributed by atoms with van der Waals surface area (Å²) in [6.07, 6.45) is 0.707. The lowest BCUT2D eigenvalue weighted by molar-refractivity contribution is 0.0740. The molecule has 3 N–H and O–H groups in total. The number of hydrazine groups is 1. The SMILES string of the molecule is NNc1c(F)cc(C(=O)N2CCCOCC2)cc1F. The number of nitrogens with one attached hydrogen (secondary N) is 1. The van der Waals surface area contributed by atoms with Crippen LogP contribution >= 0.6 is 0 Å². The van der Waals surface area contributed by atoms with Crippen molar-refractivity contribution in [3.05, 3.63) is 29.3 Å². The number of hydrogen-bond donors (Lipinski definition) is 2. The van der Waals surface area contributed by atoms with Crippen molar-refractivity contribution in [2.45, 2.75) is 6.42 Å². The number of halogens is 2. The highest BCUT2D eigenvalue weighted by Crippen LogP contribution is 2.21. The minimum atomic E-state index is -0.892. The number of hydrogen-bond acceptors (Lipinski definition) is 4. The summed E-state index contributed by atoms with van der Waals surface area (Å²) < 4.78 is 32.3. The summed E-state index contributed by atoms with van der Waals surface area (Å²) in [4.78, 5) is 13.7. The third-order valence-corrected chi connectivity index (χ3v) is 2.94. The van der Waals surface area contributed by atoms with Gasteiger partial charge >= 0.3 is 0 Å². The molecular weight excluding hydrogens is 256 g/mol.